The van der Waals surface area contributed by atoms with Gasteiger partial charge in [0.05, 0.1) is 5.69 Å². The molecule has 0 bridgehead atoms. The van der Waals surface area contributed by atoms with Gasteiger partial charge in [-0.25, -0.2) is 4.39 Å². The van der Waals surface area contributed by atoms with Crippen LogP contribution in [0.25, 0.3) is 0 Å². The first kappa shape index (κ1) is 8.34. The molecule has 0 aliphatic carbocycles. The standard InChI is InChI=1S/C8H9ClFN/c1-2-5-6(9)3-4-7(11)8(5)10/h3-4H,2,11H2,1H3. The maximum Gasteiger partial charge on any atom is 0.150 e. The van der Waals surface area contributed by atoms with Crippen molar-refractivity contribution in [2.24, 2.45) is 0 Å². The molecule has 0 amide bonds. The van der Waals surface area contributed by atoms with Crippen LogP contribution in [0.4, 0.5) is 10.1 Å². The molecule has 0 saturated carbocycles. The van der Waals surface area contributed by atoms with Gasteiger partial charge in [0.25, 0.3) is 0 Å². The fourth-order valence-electron chi connectivity index (χ4n) is 0.940. The molecule has 1 nitrogen and oxygen atoms in total. The first-order valence-electron chi connectivity index (χ1n) is 3.39. The van der Waals surface area contributed by atoms with Crippen molar-refractivity contribution in [3.63, 3.8) is 0 Å². The fourth-order valence-corrected chi connectivity index (χ4v) is 1.22. The van der Waals surface area contributed by atoms with Gasteiger partial charge in [0.15, 0.2) is 5.82 Å². The number of nitrogen functional groups attached to an aromatic ring is 1. The number of nitrogens with two attached hydrogens (primary N) is 1. The molecule has 0 aliphatic heterocycles. The van der Waals surface area contributed by atoms with Gasteiger partial charge in [0.2, 0.25) is 0 Å². The summed E-state index contributed by atoms with van der Waals surface area (Å²) in [6.45, 7) is 1.84. The van der Waals surface area contributed by atoms with Gasteiger partial charge < -0.3 is 5.73 Å². The second-order valence-corrected chi connectivity index (χ2v) is 2.69. The second-order valence-electron chi connectivity index (χ2n) is 2.28. The number of rotatable bonds is 1. The Balaban J connectivity index is 3.29. The van der Waals surface area contributed by atoms with E-state index in [0.29, 0.717) is 17.0 Å². The Labute approximate surface area is 70.0 Å². The molecule has 2 N–H and O–H groups in total. The highest BCUT2D eigenvalue weighted by Crippen LogP contribution is 2.23. The van der Waals surface area contributed by atoms with Gasteiger partial charge in [0, 0.05) is 10.6 Å². The third-order valence-corrected chi connectivity index (χ3v) is 1.92. The van der Waals surface area contributed by atoms with Crippen LogP contribution in [0.2, 0.25) is 5.02 Å². The molecule has 0 unspecified atom stereocenters. The molecule has 60 valence electrons. The van der Waals surface area contributed by atoms with Crippen LogP contribution in [0.5, 0.6) is 0 Å². The van der Waals surface area contributed by atoms with E-state index in [9.17, 15) is 4.39 Å². The molecule has 3 heteroatoms. The predicted molar refractivity (Wildman–Crippen MR) is 45.2 cm³/mol. The monoisotopic (exact) mass is 173 g/mol. The Morgan fingerprint density at radius 2 is 2.18 bits per heavy atom. The zero-order valence-corrected chi connectivity index (χ0v) is 6.95. The van der Waals surface area contributed by atoms with Gasteiger partial charge in [-0.3, -0.25) is 0 Å². The summed E-state index contributed by atoms with van der Waals surface area (Å²) in [5.41, 5.74) is 5.98. The van der Waals surface area contributed by atoms with Gasteiger partial charge in [-0.05, 0) is 18.6 Å². The molecule has 0 saturated heterocycles. The summed E-state index contributed by atoms with van der Waals surface area (Å²) in [7, 11) is 0. The van der Waals surface area contributed by atoms with E-state index in [0.717, 1.165) is 0 Å². The summed E-state index contributed by atoms with van der Waals surface area (Å²) in [4.78, 5) is 0. The van der Waals surface area contributed by atoms with Crippen LogP contribution < -0.4 is 5.73 Å². The Hall–Kier alpha value is -0.760. The topological polar surface area (TPSA) is 26.0 Å². The van der Waals surface area contributed by atoms with Gasteiger partial charge in [-0.15, -0.1) is 0 Å². The molecule has 0 aliphatic rings. The SMILES string of the molecule is CCc1c(Cl)ccc(N)c1F. The number of halogens is 2. The molecule has 0 heterocycles. The van der Waals surface area contributed by atoms with E-state index in [1.807, 2.05) is 6.92 Å². The summed E-state index contributed by atoms with van der Waals surface area (Å²) >= 11 is 5.71. The van der Waals surface area contributed by atoms with Crippen molar-refractivity contribution < 1.29 is 4.39 Å². The molecule has 0 aromatic heterocycles. The molecule has 1 rings (SSSR count). The third kappa shape index (κ3) is 1.46. The van der Waals surface area contributed by atoms with E-state index in [4.69, 9.17) is 17.3 Å². The van der Waals surface area contributed by atoms with Crippen molar-refractivity contribution in [3.8, 4) is 0 Å². The van der Waals surface area contributed by atoms with Gasteiger partial charge in [0.1, 0.15) is 0 Å². The van der Waals surface area contributed by atoms with Crippen molar-refractivity contribution in [1.29, 1.82) is 0 Å². The minimum atomic E-state index is -0.389. The molecule has 0 atom stereocenters. The van der Waals surface area contributed by atoms with E-state index >= 15 is 0 Å². The van der Waals surface area contributed by atoms with Crippen molar-refractivity contribution in [3.05, 3.63) is 28.5 Å². The minimum absolute atomic E-state index is 0.159. The summed E-state index contributed by atoms with van der Waals surface area (Å²) in [6.07, 6.45) is 0.565. The Morgan fingerprint density at radius 1 is 1.55 bits per heavy atom. The molecule has 11 heavy (non-hydrogen) atoms. The van der Waals surface area contributed by atoms with Crippen LogP contribution in [0, 0.1) is 5.82 Å². The van der Waals surface area contributed by atoms with Crippen LogP contribution in [0.15, 0.2) is 12.1 Å². The molecule has 1 aromatic rings. The van der Waals surface area contributed by atoms with Crippen LogP contribution >= 0.6 is 11.6 Å². The first-order valence-corrected chi connectivity index (χ1v) is 3.77. The maximum atomic E-state index is 13.1. The smallest absolute Gasteiger partial charge is 0.150 e. The molecule has 0 spiro atoms. The van der Waals surface area contributed by atoms with Crippen LogP contribution in [0.3, 0.4) is 0 Å². The molecular formula is C8H9ClFN. The molecular weight excluding hydrogens is 165 g/mol. The fraction of sp³-hybridized carbons (Fsp3) is 0.250. The summed E-state index contributed by atoms with van der Waals surface area (Å²) in [5, 5.41) is 0.444. The van der Waals surface area contributed by atoms with E-state index < -0.39 is 0 Å². The average Bonchev–Trinajstić information content (AvgIpc) is 1.99. The number of benzene rings is 1. The predicted octanol–water partition coefficient (Wildman–Crippen LogP) is 2.62. The lowest BCUT2D eigenvalue weighted by atomic mass is 10.1. The average molecular weight is 174 g/mol. The Bertz CT molecular complexity index is 273. The zero-order chi connectivity index (χ0) is 8.43. The summed E-state index contributed by atoms with van der Waals surface area (Å²) in [5.74, 6) is -0.389. The maximum absolute atomic E-state index is 13.1. The van der Waals surface area contributed by atoms with Gasteiger partial charge in [-0.2, -0.15) is 0 Å². The number of hydrogen-bond donors (Lipinski definition) is 1. The summed E-state index contributed by atoms with van der Waals surface area (Å²) < 4.78 is 13.1. The van der Waals surface area contributed by atoms with Crippen LogP contribution in [-0.2, 0) is 6.42 Å². The van der Waals surface area contributed by atoms with Crippen LogP contribution in [-0.4, -0.2) is 0 Å². The minimum Gasteiger partial charge on any atom is -0.396 e. The Morgan fingerprint density at radius 3 is 2.64 bits per heavy atom. The lowest BCUT2D eigenvalue weighted by molar-refractivity contribution is 0.617. The quantitative estimate of drug-likeness (QED) is 0.650. The Kier molecular flexibility index (Phi) is 2.35. The second kappa shape index (κ2) is 3.09. The normalized spacial score (nSPS) is 10.1. The number of anilines is 1. The largest absolute Gasteiger partial charge is 0.396 e. The molecule has 0 radical (unpaired) electrons. The van der Waals surface area contributed by atoms with E-state index in [1.54, 1.807) is 6.07 Å². The van der Waals surface area contributed by atoms with Gasteiger partial charge in [-0.1, -0.05) is 18.5 Å². The molecule has 0 fully saturated rings. The van der Waals surface area contributed by atoms with Crippen molar-refractivity contribution >= 4 is 17.3 Å². The number of hydrogen-bond acceptors (Lipinski definition) is 1. The van der Waals surface area contributed by atoms with Crippen LogP contribution in [0.1, 0.15) is 12.5 Å². The van der Waals surface area contributed by atoms with Gasteiger partial charge >= 0.3 is 0 Å². The van der Waals surface area contributed by atoms with E-state index in [1.165, 1.54) is 6.07 Å². The van der Waals surface area contributed by atoms with E-state index in [-0.39, 0.29) is 11.5 Å². The lowest BCUT2D eigenvalue weighted by Crippen LogP contribution is -1.96. The highest BCUT2D eigenvalue weighted by molar-refractivity contribution is 6.31. The highest BCUT2D eigenvalue weighted by atomic mass is 35.5. The third-order valence-electron chi connectivity index (χ3n) is 1.57. The summed E-state index contributed by atoms with van der Waals surface area (Å²) in [6, 6.07) is 3.08. The van der Waals surface area contributed by atoms with Crippen molar-refractivity contribution in [2.75, 3.05) is 5.73 Å². The van der Waals surface area contributed by atoms with Crippen molar-refractivity contribution in [1.82, 2.24) is 0 Å². The highest BCUT2D eigenvalue weighted by Gasteiger charge is 2.07. The van der Waals surface area contributed by atoms with Crippen molar-refractivity contribution in [2.45, 2.75) is 13.3 Å². The lowest BCUT2D eigenvalue weighted by Gasteiger charge is -2.04. The first-order chi connectivity index (χ1) is 5.16. The zero-order valence-electron chi connectivity index (χ0n) is 6.20. The van der Waals surface area contributed by atoms with E-state index in [2.05, 4.69) is 0 Å². The molecule has 1 aromatic carbocycles.